The molecule has 0 saturated carbocycles. The Hall–Kier alpha value is -1.75. The van der Waals surface area contributed by atoms with E-state index < -0.39 is 23.3 Å². The van der Waals surface area contributed by atoms with Crippen LogP contribution in [0, 0.1) is 5.41 Å². The van der Waals surface area contributed by atoms with Crippen LogP contribution >= 0.6 is 11.6 Å². The van der Waals surface area contributed by atoms with Gasteiger partial charge in [-0.25, -0.2) is 4.79 Å². The number of nitrogens with one attached hydrogen (secondary N) is 1. The summed E-state index contributed by atoms with van der Waals surface area (Å²) in [6.45, 7) is 4.98. The van der Waals surface area contributed by atoms with E-state index in [1.807, 2.05) is 0 Å². The first-order valence-electron chi connectivity index (χ1n) is 6.10. The first-order chi connectivity index (χ1) is 9.20. The molecule has 0 bridgehead atoms. The first-order valence-corrected chi connectivity index (χ1v) is 6.48. The van der Waals surface area contributed by atoms with Gasteiger partial charge < -0.3 is 15.2 Å². The highest BCUT2D eigenvalue weighted by molar-refractivity contribution is 6.30. The van der Waals surface area contributed by atoms with Gasteiger partial charge >= 0.3 is 5.97 Å². The molecule has 1 atom stereocenters. The maximum Gasteiger partial charge on any atom is 0.326 e. The average Bonchev–Trinajstić information content (AvgIpc) is 2.33. The predicted molar refractivity (Wildman–Crippen MR) is 76.0 cm³/mol. The van der Waals surface area contributed by atoms with E-state index in [9.17, 15) is 9.59 Å². The maximum absolute atomic E-state index is 11.7. The summed E-state index contributed by atoms with van der Waals surface area (Å²) in [5.74, 6) is -1.06. The number of carboxylic acid groups (broad SMARTS) is 1. The summed E-state index contributed by atoms with van der Waals surface area (Å²) >= 11 is 5.73. The highest BCUT2D eigenvalue weighted by atomic mass is 35.5. The van der Waals surface area contributed by atoms with E-state index in [-0.39, 0.29) is 6.61 Å². The normalized spacial score (nSPS) is 12.6. The molecule has 0 aliphatic heterocycles. The fourth-order valence-electron chi connectivity index (χ4n) is 1.53. The third-order valence-electron chi connectivity index (χ3n) is 2.60. The summed E-state index contributed by atoms with van der Waals surface area (Å²) in [6.07, 6.45) is 0. The van der Waals surface area contributed by atoms with Crippen molar-refractivity contribution in [1.82, 2.24) is 5.32 Å². The van der Waals surface area contributed by atoms with Gasteiger partial charge in [-0.15, -0.1) is 0 Å². The molecule has 6 heteroatoms. The summed E-state index contributed by atoms with van der Waals surface area (Å²) in [7, 11) is 0. The van der Waals surface area contributed by atoms with Crippen LogP contribution in [0.5, 0.6) is 5.75 Å². The summed E-state index contributed by atoms with van der Waals surface area (Å²) in [4.78, 5) is 22.8. The largest absolute Gasteiger partial charge is 0.484 e. The number of halogens is 1. The van der Waals surface area contributed by atoms with Gasteiger partial charge in [0.2, 0.25) is 0 Å². The van der Waals surface area contributed by atoms with Crippen LogP contribution in [0.3, 0.4) is 0 Å². The molecular weight excluding hydrogens is 282 g/mol. The second-order valence-corrected chi connectivity index (χ2v) is 5.88. The smallest absolute Gasteiger partial charge is 0.326 e. The minimum atomic E-state index is -1.07. The van der Waals surface area contributed by atoms with Crippen LogP contribution in [0.1, 0.15) is 20.8 Å². The van der Waals surface area contributed by atoms with Crippen molar-refractivity contribution in [2.45, 2.75) is 26.8 Å². The van der Waals surface area contributed by atoms with Gasteiger partial charge in [0.1, 0.15) is 11.8 Å². The van der Waals surface area contributed by atoms with Gasteiger partial charge in [0.05, 0.1) is 0 Å². The number of benzene rings is 1. The van der Waals surface area contributed by atoms with Crippen molar-refractivity contribution in [3.63, 3.8) is 0 Å². The maximum atomic E-state index is 11.7. The van der Waals surface area contributed by atoms with Crippen molar-refractivity contribution < 1.29 is 19.4 Å². The van der Waals surface area contributed by atoms with E-state index in [2.05, 4.69) is 5.32 Å². The van der Waals surface area contributed by atoms with Gasteiger partial charge in [0.25, 0.3) is 5.91 Å². The number of aliphatic carboxylic acids is 1. The second kappa shape index (κ2) is 6.61. The Kier molecular flexibility index (Phi) is 5.39. The Bertz CT molecular complexity index is 479. The monoisotopic (exact) mass is 299 g/mol. The molecule has 0 spiro atoms. The first kappa shape index (κ1) is 16.3. The molecule has 0 aliphatic rings. The molecular formula is C14H18ClNO4. The SMILES string of the molecule is CC(C)(C)[C@@H](NC(=O)COc1ccc(Cl)cc1)C(=O)O. The van der Waals surface area contributed by atoms with E-state index >= 15 is 0 Å². The Balaban J connectivity index is 2.54. The molecule has 5 nitrogen and oxygen atoms in total. The van der Waals surface area contributed by atoms with Crippen molar-refractivity contribution >= 4 is 23.5 Å². The van der Waals surface area contributed by atoms with Gasteiger partial charge in [0.15, 0.2) is 6.61 Å². The molecule has 0 saturated heterocycles. The second-order valence-electron chi connectivity index (χ2n) is 5.45. The quantitative estimate of drug-likeness (QED) is 0.875. The van der Waals surface area contributed by atoms with Crippen LogP contribution in [0.2, 0.25) is 5.02 Å². The van der Waals surface area contributed by atoms with Crippen molar-refractivity contribution in [3.8, 4) is 5.75 Å². The Morgan fingerprint density at radius 2 is 1.85 bits per heavy atom. The Labute approximate surface area is 122 Å². The number of carboxylic acids is 1. The van der Waals surface area contributed by atoms with E-state index in [4.69, 9.17) is 21.4 Å². The van der Waals surface area contributed by atoms with Gasteiger partial charge in [-0.05, 0) is 29.7 Å². The Morgan fingerprint density at radius 3 is 2.30 bits per heavy atom. The lowest BCUT2D eigenvalue weighted by molar-refractivity contribution is -0.145. The van der Waals surface area contributed by atoms with Gasteiger partial charge in [-0.2, -0.15) is 0 Å². The lowest BCUT2D eigenvalue weighted by Gasteiger charge is -2.27. The molecule has 1 amide bonds. The summed E-state index contributed by atoms with van der Waals surface area (Å²) in [6, 6.07) is 5.58. The molecule has 0 aliphatic carbocycles. The Morgan fingerprint density at radius 1 is 1.30 bits per heavy atom. The van der Waals surface area contributed by atoms with Gasteiger partial charge in [0, 0.05) is 5.02 Å². The zero-order chi connectivity index (χ0) is 15.3. The number of rotatable bonds is 5. The highest BCUT2D eigenvalue weighted by Gasteiger charge is 2.32. The lowest BCUT2D eigenvalue weighted by atomic mass is 9.87. The minimum absolute atomic E-state index is 0.249. The van der Waals surface area contributed by atoms with Gasteiger partial charge in [-0.1, -0.05) is 32.4 Å². The van der Waals surface area contributed by atoms with Crippen LogP contribution in [0.4, 0.5) is 0 Å². The lowest BCUT2D eigenvalue weighted by Crippen LogP contribution is -2.50. The van der Waals surface area contributed by atoms with Crippen LogP contribution in [0.25, 0.3) is 0 Å². The molecule has 1 rings (SSSR count). The fraction of sp³-hybridized carbons (Fsp3) is 0.429. The molecule has 1 aromatic rings. The van der Waals surface area contributed by atoms with Crippen molar-refractivity contribution in [2.75, 3.05) is 6.61 Å². The third-order valence-corrected chi connectivity index (χ3v) is 2.85. The number of ether oxygens (including phenoxy) is 1. The molecule has 1 aromatic carbocycles. The van der Waals surface area contributed by atoms with Crippen molar-refractivity contribution in [1.29, 1.82) is 0 Å². The summed E-state index contributed by atoms with van der Waals surface area (Å²) < 4.78 is 5.25. The van der Waals surface area contributed by atoms with Crippen molar-refractivity contribution in [2.24, 2.45) is 5.41 Å². The van der Waals surface area contributed by atoms with Crippen LogP contribution in [-0.4, -0.2) is 29.6 Å². The van der Waals surface area contributed by atoms with Crippen LogP contribution in [-0.2, 0) is 9.59 Å². The molecule has 20 heavy (non-hydrogen) atoms. The van der Waals surface area contributed by atoms with E-state index in [1.54, 1.807) is 45.0 Å². The summed E-state index contributed by atoms with van der Waals surface area (Å²) in [5.41, 5.74) is -0.582. The predicted octanol–water partition coefficient (Wildman–Crippen LogP) is 2.33. The number of hydrogen-bond acceptors (Lipinski definition) is 3. The molecule has 110 valence electrons. The third kappa shape index (κ3) is 5.09. The zero-order valence-corrected chi connectivity index (χ0v) is 12.4. The van der Waals surface area contributed by atoms with E-state index in [0.717, 1.165) is 0 Å². The number of carbonyl (C=O) groups excluding carboxylic acids is 1. The van der Waals surface area contributed by atoms with Gasteiger partial charge in [-0.3, -0.25) is 4.79 Å². The number of amides is 1. The topological polar surface area (TPSA) is 75.6 Å². The number of hydrogen-bond donors (Lipinski definition) is 2. The highest BCUT2D eigenvalue weighted by Crippen LogP contribution is 2.19. The summed E-state index contributed by atoms with van der Waals surface area (Å²) in [5, 5.41) is 12.1. The van der Waals surface area contributed by atoms with E-state index in [0.29, 0.717) is 10.8 Å². The van der Waals surface area contributed by atoms with Crippen molar-refractivity contribution in [3.05, 3.63) is 29.3 Å². The minimum Gasteiger partial charge on any atom is -0.484 e. The molecule has 0 aromatic heterocycles. The standard InChI is InChI=1S/C14H18ClNO4/c1-14(2,3)12(13(18)19)16-11(17)8-20-10-6-4-9(15)5-7-10/h4-7,12H,8H2,1-3H3,(H,16,17)(H,18,19)/t12-/m0/s1. The molecule has 0 unspecified atom stereocenters. The molecule has 0 fully saturated rings. The molecule has 2 N–H and O–H groups in total. The van der Waals surface area contributed by atoms with E-state index in [1.165, 1.54) is 0 Å². The van der Waals surface area contributed by atoms with Crippen LogP contribution in [0.15, 0.2) is 24.3 Å². The molecule has 0 heterocycles. The zero-order valence-electron chi connectivity index (χ0n) is 11.6. The fourth-order valence-corrected chi connectivity index (χ4v) is 1.66. The molecule has 0 radical (unpaired) electrons. The number of carbonyl (C=O) groups is 2. The average molecular weight is 300 g/mol. The van der Waals surface area contributed by atoms with Crippen LogP contribution < -0.4 is 10.1 Å².